The number of carbonyl (C=O) groups is 2. The van der Waals surface area contributed by atoms with Gasteiger partial charge in [0.25, 0.3) is 11.8 Å². The minimum absolute atomic E-state index is 0.339. The highest BCUT2D eigenvalue weighted by Gasteiger charge is 2.32. The van der Waals surface area contributed by atoms with Gasteiger partial charge in [-0.15, -0.1) is 0 Å². The van der Waals surface area contributed by atoms with Crippen LogP contribution in [0.3, 0.4) is 0 Å². The fourth-order valence-corrected chi connectivity index (χ4v) is 3.24. The van der Waals surface area contributed by atoms with Crippen LogP contribution in [0.1, 0.15) is 33.3 Å². The van der Waals surface area contributed by atoms with Crippen LogP contribution >= 0.6 is 23.4 Å². The van der Waals surface area contributed by atoms with E-state index >= 15 is 0 Å². The van der Waals surface area contributed by atoms with Crippen LogP contribution in [-0.4, -0.2) is 34.8 Å². The molecule has 0 fully saturated rings. The molecule has 2 aromatic rings. The molecule has 0 radical (unpaired) electrons. The van der Waals surface area contributed by atoms with Gasteiger partial charge in [-0.1, -0.05) is 11.6 Å². The van der Waals surface area contributed by atoms with Gasteiger partial charge in [0.1, 0.15) is 17.3 Å². The normalized spacial score (nSPS) is 12.4. The van der Waals surface area contributed by atoms with Crippen molar-refractivity contribution in [2.45, 2.75) is 19.1 Å². The van der Waals surface area contributed by atoms with Crippen molar-refractivity contribution < 1.29 is 31.5 Å². The highest BCUT2D eigenvalue weighted by Crippen LogP contribution is 2.31. The summed E-state index contributed by atoms with van der Waals surface area (Å²) < 4.78 is 66.1. The first-order chi connectivity index (χ1) is 13.9. The minimum Gasteiger partial charge on any atom is -0.349 e. The molecule has 162 valence electrons. The average molecular weight is 468 g/mol. The number of anilines is 1. The van der Waals surface area contributed by atoms with Gasteiger partial charge in [0.05, 0.1) is 21.8 Å². The van der Waals surface area contributed by atoms with Crippen molar-refractivity contribution in [3.8, 4) is 0 Å². The van der Waals surface area contributed by atoms with E-state index in [-0.39, 0.29) is 6.04 Å². The number of alkyl halides is 3. The summed E-state index contributed by atoms with van der Waals surface area (Å²) in [5.41, 5.74) is -2.97. The van der Waals surface area contributed by atoms with Gasteiger partial charge in [-0.3, -0.25) is 9.59 Å². The van der Waals surface area contributed by atoms with E-state index in [1.54, 1.807) is 13.2 Å². The summed E-state index contributed by atoms with van der Waals surface area (Å²) in [5.74, 6) is -3.81. The van der Waals surface area contributed by atoms with Gasteiger partial charge in [0.15, 0.2) is 0 Å². The number of carbonyl (C=O) groups excluding carboxylic acids is 2. The number of nitrogens with zero attached hydrogens (tertiary/aromatic N) is 1. The molecule has 2 N–H and O–H groups in total. The first-order valence-corrected chi connectivity index (χ1v) is 10.0. The first kappa shape index (κ1) is 23.9. The summed E-state index contributed by atoms with van der Waals surface area (Å²) in [7, 11) is 0. The molecule has 0 spiro atoms. The van der Waals surface area contributed by atoms with Crippen LogP contribution in [0.15, 0.2) is 24.4 Å². The van der Waals surface area contributed by atoms with Crippen molar-refractivity contribution in [1.82, 2.24) is 10.3 Å². The molecule has 0 bridgehead atoms. The van der Waals surface area contributed by atoms with Gasteiger partial charge in [0.2, 0.25) is 0 Å². The van der Waals surface area contributed by atoms with E-state index in [1.165, 1.54) is 11.8 Å². The van der Waals surface area contributed by atoms with Crippen molar-refractivity contribution in [2.75, 3.05) is 17.3 Å². The molecule has 1 aromatic carbocycles. The fourth-order valence-electron chi connectivity index (χ4n) is 2.41. The molecule has 5 nitrogen and oxygen atoms in total. The molecule has 2 rings (SSSR count). The second kappa shape index (κ2) is 9.61. The third-order valence-corrected chi connectivity index (χ3v) is 4.84. The van der Waals surface area contributed by atoms with E-state index in [0.717, 1.165) is 6.07 Å². The molecule has 1 heterocycles. The Morgan fingerprint density at radius 1 is 1.20 bits per heavy atom. The zero-order valence-corrected chi connectivity index (χ0v) is 17.1. The average Bonchev–Trinajstić information content (AvgIpc) is 2.62. The summed E-state index contributed by atoms with van der Waals surface area (Å²) >= 11 is 7.14. The van der Waals surface area contributed by atoms with Gasteiger partial charge in [-0.2, -0.15) is 24.9 Å². The number of pyridine rings is 1. The Morgan fingerprint density at radius 2 is 1.87 bits per heavy atom. The molecule has 0 saturated carbocycles. The van der Waals surface area contributed by atoms with E-state index in [0.29, 0.717) is 24.1 Å². The van der Waals surface area contributed by atoms with Crippen LogP contribution in [0, 0.1) is 11.6 Å². The van der Waals surface area contributed by atoms with E-state index in [2.05, 4.69) is 10.3 Å². The molecule has 0 saturated heterocycles. The number of halogens is 6. The number of amides is 2. The lowest BCUT2D eigenvalue weighted by molar-refractivity contribution is -0.137. The zero-order chi connectivity index (χ0) is 22.6. The third kappa shape index (κ3) is 5.82. The van der Waals surface area contributed by atoms with Crippen LogP contribution < -0.4 is 10.6 Å². The predicted molar refractivity (Wildman–Crippen MR) is 104 cm³/mol. The predicted octanol–water partition coefficient (Wildman–Crippen LogP) is 4.77. The molecule has 0 unspecified atom stereocenters. The summed E-state index contributed by atoms with van der Waals surface area (Å²) in [4.78, 5) is 28.2. The van der Waals surface area contributed by atoms with Gasteiger partial charge in [-0.25, -0.2) is 13.8 Å². The van der Waals surface area contributed by atoms with Crippen LogP contribution in [-0.2, 0) is 6.18 Å². The number of hydrogen-bond acceptors (Lipinski definition) is 4. The lowest BCUT2D eigenvalue weighted by Gasteiger charge is -2.16. The van der Waals surface area contributed by atoms with E-state index in [9.17, 15) is 31.5 Å². The Hall–Kier alpha value is -2.40. The Bertz CT molecular complexity index is 972. The Kier molecular flexibility index (Phi) is 7.64. The lowest BCUT2D eigenvalue weighted by Crippen LogP contribution is -2.35. The maximum absolute atomic E-state index is 14.3. The Balaban J connectivity index is 2.36. The van der Waals surface area contributed by atoms with Crippen LogP contribution in [0.25, 0.3) is 0 Å². The molecule has 0 aliphatic rings. The Labute approximate surface area is 177 Å². The van der Waals surface area contributed by atoms with Crippen LogP contribution in [0.5, 0.6) is 0 Å². The van der Waals surface area contributed by atoms with Crippen LogP contribution in [0.4, 0.5) is 27.6 Å². The molecule has 1 aromatic heterocycles. The van der Waals surface area contributed by atoms with Gasteiger partial charge in [0, 0.05) is 24.1 Å². The molecule has 2 amide bonds. The van der Waals surface area contributed by atoms with Crippen molar-refractivity contribution in [1.29, 1.82) is 0 Å². The van der Waals surface area contributed by atoms with Gasteiger partial charge in [-0.05, 0) is 25.3 Å². The highest BCUT2D eigenvalue weighted by molar-refractivity contribution is 7.98. The summed E-state index contributed by atoms with van der Waals surface area (Å²) in [6, 6.07) is 1.32. The topological polar surface area (TPSA) is 71.1 Å². The maximum atomic E-state index is 14.3. The number of nitrogens with one attached hydrogen (secondary N) is 2. The monoisotopic (exact) mass is 467 g/mol. The molecular weight excluding hydrogens is 453 g/mol. The molecule has 12 heteroatoms. The number of rotatable bonds is 6. The quantitative estimate of drug-likeness (QED) is 0.601. The number of thioether (sulfide) groups is 1. The van der Waals surface area contributed by atoms with Crippen LogP contribution in [0.2, 0.25) is 5.02 Å². The summed E-state index contributed by atoms with van der Waals surface area (Å²) in [5, 5.41) is 3.93. The molecule has 30 heavy (non-hydrogen) atoms. The molecule has 0 aliphatic carbocycles. The maximum Gasteiger partial charge on any atom is 0.417 e. The van der Waals surface area contributed by atoms with Crippen molar-refractivity contribution in [3.05, 3.63) is 57.9 Å². The third-order valence-electron chi connectivity index (χ3n) is 3.72. The summed E-state index contributed by atoms with van der Waals surface area (Å²) in [6.07, 6.45) is -2.54. The molecular formula is C18H15ClF5N3O2S. The second-order valence-electron chi connectivity index (χ2n) is 6.15. The Morgan fingerprint density at radius 3 is 2.43 bits per heavy atom. The number of hydrogen-bond donors (Lipinski definition) is 2. The van der Waals surface area contributed by atoms with E-state index in [4.69, 9.17) is 11.6 Å². The lowest BCUT2D eigenvalue weighted by atomic mass is 10.1. The highest BCUT2D eigenvalue weighted by atomic mass is 35.5. The van der Waals surface area contributed by atoms with E-state index < -0.39 is 57.2 Å². The smallest absolute Gasteiger partial charge is 0.349 e. The zero-order valence-electron chi connectivity index (χ0n) is 15.5. The second-order valence-corrected chi connectivity index (χ2v) is 7.46. The number of aromatic nitrogens is 1. The SMILES string of the molecule is CSC[C@@H](C)NC(=O)c1cc(F)cc(F)c1NC(=O)c1ncc(C(F)(F)F)cc1Cl. The van der Waals surface area contributed by atoms with E-state index in [1.807, 2.05) is 5.32 Å². The first-order valence-electron chi connectivity index (χ1n) is 8.27. The standard InChI is InChI=1S/C18H15ClF5N3O2S/c1-8(7-30-2)26-16(28)11-4-10(20)5-13(21)14(11)27-17(29)15-12(19)3-9(6-25-15)18(22,23)24/h3-6,8H,7H2,1-2H3,(H,26,28)(H,27,29)/t8-/m1/s1. The van der Waals surface area contributed by atoms with Gasteiger partial charge >= 0.3 is 6.18 Å². The molecule has 1 atom stereocenters. The summed E-state index contributed by atoms with van der Waals surface area (Å²) in [6.45, 7) is 1.67. The largest absolute Gasteiger partial charge is 0.417 e. The fraction of sp³-hybridized carbons (Fsp3) is 0.278. The minimum atomic E-state index is -4.73. The van der Waals surface area contributed by atoms with Crippen molar-refractivity contribution in [3.63, 3.8) is 0 Å². The van der Waals surface area contributed by atoms with Crippen molar-refractivity contribution >= 4 is 40.9 Å². The van der Waals surface area contributed by atoms with Crippen molar-refractivity contribution in [2.24, 2.45) is 0 Å². The van der Waals surface area contributed by atoms with Gasteiger partial charge < -0.3 is 10.6 Å². The molecule has 0 aliphatic heterocycles. The number of benzene rings is 1.